The molecule has 0 saturated carbocycles. The molecule has 5 nitrogen and oxygen atoms in total. The molecule has 1 heterocycles. The summed E-state index contributed by atoms with van der Waals surface area (Å²) in [6.45, 7) is 19.1. The third kappa shape index (κ3) is 11.3. The number of hydrogen-bond acceptors (Lipinski definition) is 4. The van der Waals surface area contributed by atoms with E-state index in [1.807, 2.05) is 34.6 Å². The number of ether oxygens (including phenoxy) is 2. The number of hydrogen-bond donors (Lipinski definition) is 0. The number of unbranched alkanes of at least 4 members (excludes halogenated alkanes) is 11. The number of rotatable bonds is 18. The van der Waals surface area contributed by atoms with E-state index in [-0.39, 0.29) is 23.3 Å². The van der Waals surface area contributed by atoms with Gasteiger partial charge in [-0.1, -0.05) is 165 Å². The lowest BCUT2D eigenvalue weighted by Gasteiger charge is -2.44. The normalized spacial score (nSPS) is 18.5. The van der Waals surface area contributed by atoms with Gasteiger partial charge in [-0.05, 0) is 62.9 Å². The Hall–Kier alpha value is -2.41. The first-order valence-corrected chi connectivity index (χ1v) is 20.8. The Kier molecular flexibility index (Phi) is 15.5. The first kappa shape index (κ1) is 40.0. The van der Waals surface area contributed by atoms with Gasteiger partial charge in [0.15, 0.2) is 0 Å². The number of benzene rings is 2. The lowest BCUT2D eigenvalue weighted by Crippen LogP contribution is -2.67. The Labute approximate surface area is 295 Å². The summed E-state index contributed by atoms with van der Waals surface area (Å²) in [7, 11) is -2.83. The van der Waals surface area contributed by atoms with Crippen molar-refractivity contribution >= 4 is 24.8 Å². The number of nitrogens with zero attached hydrogens (tertiary/aromatic N) is 1. The quantitative estimate of drug-likeness (QED) is 0.0895. The summed E-state index contributed by atoms with van der Waals surface area (Å²) in [4.78, 5) is 15.6. The highest BCUT2D eigenvalue weighted by atomic mass is 28.4. The van der Waals surface area contributed by atoms with Gasteiger partial charge in [-0.2, -0.15) is 0 Å². The minimum Gasteiger partial charge on any atom is -0.444 e. The van der Waals surface area contributed by atoms with Crippen LogP contribution in [0.2, 0.25) is 5.04 Å². The monoisotopic (exact) mass is 677 g/mol. The van der Waals surface area contributed by atoms with Crippen molar-refractivity contribution in [2.75, 3.05) is 6.61 Å². The van der Waals surface area contributed by atoms with Gasteiger partial charge in [-0.3, -0.25) is 4.90 Å². The average Bonchev–Trinajstić information content (AvgIpc) is 3.28. The van der Waals surface area contributed by atoms with E-state index in [9.17, 15) is 4.79 Å². The second kappa shape index (κ2) is 18.5. The molecule has 0 aromatic heterocycles. The predicted molar refractivity (Wildman–Crippen MR) is 205 cm³/mol. The van der Waals surface area contributed by atoms with Gasteiger partial charge in [0.05, 0.1) is 12.6 Å². The molecular weight excluding hydrogens is 611 g/mol. The molecule has 1 amide bonds. The third-order valence-corrected chi connectivity index (χ3v) is 14.5. The molecule has 0 aliphatic carbocycles. The molecular formula is C42H67NO4Si. The van der Waals surface area contributed by atoms with E-state index in [1.54, 1.807) is 4.90 Å². The van der Waals surface area contributed by atoms with E-state index in [2.05, 4.69) is 101 Å². The molecule has 3 rings (SSSR count). The van der Waals surface area contributed by atoms with E-state index in [0.717, 1.165) is 6.42 Å². The number of carbonyl (C=O) groups is 1. The molecule has 0 bridgehead atoms. The molecule has 1 saturated heterocycles. The Morgan fingerprint density at radius 1 is 0.792 bits per heavy atom. The number of amides is 1. The van der Waals surface area contributed by atoms with E-state index in [4.69, 9.17) is 13.9 Å². The van der Waals surface area contributed by atoms with Gasteiger partial charge >= 0.3 is 6.09 Å². The van der Waals surface area contributed by atoms with Crippen molar-refractivity contribution < 1.29 is 18.7 Å². The zero-order chi connectivity index (χ0) is 35.3. The maximum Gasteiger partial charge on any atom is 0.413 e. The van der Waals surface area contributed by atoms with E-state index < -0.39 is 19.6 Å². The fraction of sp³-hybridized carbons (Fsp3) is 0.643. The zero-order valence-corrected chi connectivity index (χ0v) is 32.9. The molecule has 1 aliphatic rings. The SMILES string of the molecule is CCCCCCCCCCCCC/C=C/[C@H]1OC(C)(C)N(C(=O)OC(C)(C)C)[C@@H]1CO[Si](c1ccccc1)(c1ccccc1)C(C)(C)C. The molecule has 48 heavy (non-hydrogen) atoms. The number of allylic oxidation sites excluding steroid dienone is 1. The molecule has 2 aromatic carbocycles. The summed E-state index contributed by atoms with van der Waals surface area (Å²) in [5.41, 5.74) is -1.48. The highest BCUT2D eigenvalue weighted by molar-refractivity contribution is 6.99. The van der Waals surface area contributed by atoms with Crippen molar-refractivity contribution in [1.29, 1.82) is 0 Å². The van der Waals surface area contributed by atoms with Crippen LogP contribution in [0.15, 0.2) is 72.8 Å². The largest absolute Gasteiger partial charge is 0.444 e. The van der Waals surface area contributed by atoms with E-state index >= 15 is 0 Å². The minimum atomic E-state index is -2.83. The average molecular weight is 678 g/mol. The minimum absolute atomic E-state index is 0.179. The summed E-state index contributed by atoms with van der Waals surface area (Å²) in [6.07, 6.45) is 19.4. The highest BCUT2D eigenvalue weighted by Crippen LogP contribution is 2.39. The van der Waals surface area contributed by atoms with Crippen LogP contribution in [-0.2, 0) is 13.9 Å². The topological polar surface area (TPSA) is 48.0 Å². The van der Waals surface area contributed by atoms with Gasteiger partial charge in [0, 0.05) is 0 Å². The van der Waals surface area contributed by atoms with Crippen LogP contribution in [0.5, 0.6) is 0 Å². The van der Waals surface area contributed by atoms with Crippen molar-refractivity contribution in [3.63, 3.8) is 0 Å². The zero-order valence-electron chi connectivity index (χ0n) is 31.9. The van der Waals surface area contributed by atoms with Gasteiger partial charge in [-0.15, -0.1) is 0 Å². The van der Waals surface area contributed by atoms with Gasteiger partial charge in [0.25, 0.3) is 8.32 Å². The van der Waals surface area contributed by atoms with Crippen molar-refractivity contribution in [3.8, 4) is 0 Å². The summed E-state index contributed by atoms with van der Waals surface area (Å²) >= 11 is 0. The van der Waals surface area contributed by atoms with Crippen LogP contribution in [-0.4, -0.2) is 49.4 Å². The first-order chi connectivity index (χ1) is 22.7. The molecule has 0 radical (unpaired) electrons. The molecule has 0 spiro atoms. The molecule has 2 atom stereocenters. The smallest absolute Gasteiger partial charge is 0.413 e. The summed E-state index contributed by atoms with van der Waals surface area (Å²) in [5.74, 6) is 0. The molecule has 0 unspecified atom stereocenters. The van der Waals surface area contributed by atoms with Crippen molar-refractivity contribution in [1.82, 2.24) is 4.90 Å². The fourth-order valence-corrected chi connectivity index (χ4v) is 11.7. The first-order valence-electron chi connectivity index (χ1n) is 18.8. The number of carbonyl (C=O) groups excluding carboxylic acids is 1. The Morgan fingerprint density at radius 2 is 1.27 bits per heavy atom. The Balaban J connectivity index is 1.78. The molecule has 268 valence electrons. The van der Waals surface area contributed by atoms with Gasteiger partial charge in [0.2, 0.25) is 0 Å². The predicted octanol–water partition coefficient (Wildman–Crippen LogP) is 10.6. The van der Waals surface area contributed by atoms with Crippen LogP contribution < -0.4 is 10.4 Å². The van der Waals surface area contributed by atoms with Gasteiger partial charge < -0.3 is 13.9 Å². The molecule has 1 aliphatic heterocycles. The van der Waals surface area contributed by atoms with Crippen molar-refractivity contribution in [3.05, 3.63) is 72.8 Å². The summed E-state index contributed by atoms with van der Waals surface area (Å²) < 4.78 is 20.0. The van der Waals surface area contributed by atoms with E-state index in [0.29, 0.717) is 6.61 Å². The van der Waals surface area contributed by atoms with Gasteiger partial charge in [0.1, 0.15) is 17.4 Å². The van der Waals surface area contributed by atoms with Crippen LogP contribution in [0.25, 0.3) is 0 Å². The second-order valence-corrected chi connectivity index (χ2v) is 20.5. The third-order valence-electron chi connectivity index (χ3n) is 9.49. The second-order valence-electron chi connectivity index (χ2n) is 16.2. The van der Waals surface area contributed by atoms with Crippen LogP contribution in [0.3, 0.4) is 0 Å². The van der Waals surface area contributed by atoms with Crippen LogP contribution in [0.1, 0.15) is 139 Å². The molecule has 1 fully saturated rings. The Morgan fingerprint density at radius 3 is 1.73 bits per heavy atom. The molecule has 2 aromatic rings. The molecule has 6 heteroatoms. The van der Waals surface area contributed by atoms with Gasteiger partial charge in [-0.25, -0.2) is 4.79 Å². The van der Waals surface area contributed by atoms with Crippen molar-refractivity contribution in [2.45, 2.75) is 168 Å². The highest BCUT2D eigenvalue weighted by Gasteiger charge is 2.54. The standard InChI is InChI=1S/C42H67NO4Si/c1-10-11-12-13-14-15-16-17-18-19-20-21-28-33-38-37(43(42(8,9)46-38)39(44)47-40(2,3)4)34-45-48(41(5,6)7,35-29-24-22-25-30-35)36-31-26-23-27-32-36/h22-33,37-38H,10-21,34H2,1-9H3/b33-28+/t37-,38-/m1/s1. The van der Waals surface area contributed by atoms with Crippen molar-refractivity contribution in [2.24, 2.45) is 0 Å². The van der Waals surface area contributed by atoms with Crippen LogP contribution in [0.4, 0.5) is 4.79 Å². The van der Waals surface area contributed by atoms with Crippen LogP contribution >= 0.6 is 0 Å². The lowest BCUT2D eigenvalue weighted by molar-refractivity contribution is -0.0722. The fourth-order valence-electron chi connectivity index (χ4n) is 7.15. The maximum atomic E-state index is 13.8. The molecule has 0 N–H and O–H groups in total. The van der Waals surface area contributed by atoms with E-state index in [1.165, 1.54) is 81.0 Å². The lowest BCUT2D eigenvalue weighted by atomic mass is 10.0. The Bertz CT molecular complexity index is 1190. The maximum absolute atomic E-state index is 13.8. The summed E-state index contributed by atoms with van der Waals surface area (Å²) in [6, 6.07) is 21.0. The van der Waals surface area contributed by atoms with Crippen LogP contribution in [0, 0.1) is 0 Å². The summed E-state index contributed by atoms with van der Waals surface area (Å²) in [5, 5.41) is 2.26.